The van der Waals surface area contributed by atoms with Gasteiger partial charge in [-0.3, -0.25) is 0 Å². The first-order valence-corrected chi connectivity index (χ1v) is 7.23. The molecule has 0 N–H and O–H groups in total. The molecule has 0 unspecified atom stereocenters. The van der Waals surface area contributed by atoms with Gasteiger partial charge in [-0.25, -0.2) is 4.98 Å². The number of benzene rings is 1. The predicted octanol–water partition coefficient (Wildman–Crippen LogP) is 3.73. The van der Waals surface area contributed by atoms with E-state index in [-0.39, 0.29) is 0 Å². The van der Waals surface area contributed by atoms with E-state index >= 15 is 0 Å². The third kappa shape index (κ3) is 3.05. The highest BCUT2D eigenvalue weighted by atomic mass is 32.2. The van der Waals surface area contributed by atoms with E-state index in [9.17, 15) is 0 Å². The maximum Gasteiger partial charge on any atom is 0.257 e. The highest BCUT2D eigenvalue weighted by Gasteiger charge is 2.09. The van der Waals surface area contributed by atoms with Crippen LogP contribution in [0.4, 0.5) is 0 Å². The minimum absolute atomic E-state index is 0.560. The monoisotopic (exact) mass is 283 g/mol. The fourth-order valence-electron chi connectivity index (χ4n) is 1.78. The van der Waals surface area contributed by atoms with Crippen molar-refractivity contribution in [2.24, 2.45) is 0 Å². The topological polar surface area (TPSA) is 51.8 Å². The van der Waals surface area contributed by atoms with Crippen LogP contribution < -0.4 is 0 Å². The largest absolute Gasteiger partial charge is 0.334 e. The lowest BCUT2D eigenvalue weighted by atomic mass is 10.1. The molecule has 100 valence electrons. The predicted molar refractivity (Wildman–Crippen MR) is 78.3 cm³/mol. The Kier molecular flexibility index (Phi) is 3.78. The Morgan fingerprint density at radius 3 is 2.90 bits per heavy atom. The number of aryl methyl sites for hydroxylation is 1. The van der Waals surface area contributed by atoms with Crippen molar-refractivity contribution in [3.63, 3.8) is 0 Å². The molecule has 1 aromatic carbocycles. The molecule has 4 nitrogen and oxygen atoms in total. The van der Waals surface area contributed by atoms with E-state index in [4.69, 9.17) is 4.52 Å². The lowest BCUT2D eigenvalue weighted by molar-refractivity contribution is 0.425. The van der Waals surface area contributed by atoms with Crippen LogP contribution in [0.3, 0.4) is 0 Å². The standard InChI is InChI=1S/C15H13N3OS/c1-11-5-4-6-12(9-11)15-17-13(18-19-15)10-20-14-7-2-3-8-16-14/h2-9H,10H2,1H3. The average Bonchev–Trinajstić information content (AvgIpc) is 2.95. The van der Waals surface area contributed by atoms with Crippen LogP contribution in [-0.2, 0) is 5.75 Å². The molecule has 0 bridgehead atoms. The summed E-state index contributed by atoms with van der Waals surface area (Å²) >= 11 is 1.59. The minimum atomic E-state index is 0.560. The van der Waals surface area contributed by atoms with E-state index < -0.39 is 0 Å². The summed E-state index contributed by atoms with van der Waals surface area (Å²) in [6.45, 7) is 2.04. The zero-order valence-electron chi connectivity index (χ0n) is 11.0. The summed E-state index contributed by atoms with van der Waals surface area (Å²) in [6.07, 6.45) is 1.77. The van der Waals surface area contributed by atoms with Crippen molar-refractivity contribution < 1.29 is 4.52 Å². The van der Waals surface area contributed by atoms with Gasteiger partial charge >= 0.3 is 0 Å². The molecular formula is C15H13N3OS. The normalized spacial score (nSPS) is 10.7. The summed E-state index contributed by atoms with van der Waals surface area (Å²) in [5.74, 6) is 1.88. The van der Waals surface area contributed by atoms with Gasteiger partial charge in [0.15, 0.2) is 5.82 Å². The molecule has 3 aromatic rings. The van der Waals surface area contributed by atoms with Gasteiger partial charge in [-0.15, -0.1) is 0 Å². The zero-order valence-corrected chi connectivity index (χ0v) is 11.8. The second-order valence-corrected chi connectivity index (χ2v) is 5.34. The van der Waals surface area contributed by atoms with Crippen molar-refractivity contribution in [1.29, 1.82) is 0 Å². The molecule has 0 aliphatic carbocycles. The van der Waals surface area contributed by atoms with Crippen LogP contribution in [0.15, 0.2) is 58.2 Å². The van der Waals surface area contributed by atoms with Gasteiger partial charge in [-0.05, 0) is 31.2 Å². The Morgan fingerprint density at radius 1 is 1.15 bits per heavy atom. The third-order valence-corrected chi connectivity index (χ3v) is 3.66. The Hall–Kier alpha value is -2.14. The van der Waals surface area contributed by atoms with E-state index in [1.807, 2.05) is 49.4 Å². The molecule has 0 radical (unpaired) electrons. The maximum absolute atomic E-state index is 5.30. The number of nitrogens with zero attached hydrogens (tertiary/aromatic N) is 3. The van der Waals surface area contributed by atoms with Crippen LogP contribution in [0.5, 0.6) is 0 Å². The second kappa shape index (κ2) is 5.88. The van der Waals surface area contributed by atoms with E-state index in [0.717, 1.165) is 10.6 Å². The lowest BCUT2D eigenvalue weighted by Gasteiger charge is -1.96. The van der Waals surface area contributed by atoms with E-state index in [1.54, 1.807) is 18.0 Å². The van der Waals surface area contributed by atoms with Crippen molar-refractivity contribution in [3.8, 4) is 11.5 Å². The summed E-state index contributed by atoms with van der Waals surface area (Å²) in [6, 6.07) is 13.8. The molecule has 0 spiro atoms. The smallest absolute Gasteiger partial charge is 0.257 e. The Balaban J connectivity index is 1.71. The molecule has 2 heterocycles. The SMILES string of the molecule is Cc1cccc(-c2nc(CSc3ccccn3)no2)c1. The van der Waals surface area contributed by atoms with Crippen molar-refractivity contribution in [2.75, 3.05) is 0 Å². The minimum Gasteiger partial charge on any atom is -0.334 e. The first kappa shape index (κ1) is 12.9. The summed E-state index contributed by atoms with van der Waals surface area (Å²) in [5, 5.41) is 4.96. The van der Waals surface area contributed by atoms with E-state index in [2.05, 4.69) is 15.1 Å². The van der Waals surface area contributed by atoms with Gasteiger partial charge in [0.05, 0.1) is 10.8 Å². The molecule has 3 rings (SSSR count). The molecule has 0 fully saturated rings. The Morgan fingerprint density at radius 2 is 2.10 bits per heavy atom. The van der Waals surface area contributed by atoms with Gasteiger partial charge in [0.25, 0.3) is 5.89 Å². The van der Waals surface area contributed by atoms with Crippen LogP contribution in [0.25, 0.3) is 11.5 Å². The average molecular weight is 283 g/mol. The summed E-state index contributed by atoms with van der Waals surface area (Å²) in [4.78, 5) is 8.66. The zero-order chi connectivity index (χ0) is 13.8. The van der Waals surface area contributed by atoms with Crippen molar-refractivity contribution >= 4 is 11.8 Å². The van der Waals surface area contributed by atoms with Gasteiger partial charge < -0.3 is 4.52 Å². The third-order valence-electron chi connectivity index (χ3n) is 2.72. The molecular weight excluding hydrogens is 270 g/mol. The molecule has 20 heavy (non-hydrogen) atoms. The van der Waals surface area contributed by atoms with Crippen molar-refractivity contribution in [3.05, 3.63) is 60.0 Å². The molecule has 0 amide bonds. The molecule has 0 aliphatic heterocycles. The first-order chi connectivity index (χ1) is 9.81. The fraction of sp³-hybridized carbons (Fsp3) is 0.133. The maximum atomic E-state index is 5.30. The van der Waals surface area contributed by atoms with Crippen LogP contribution in [0.2, 0.25) is 0 Å². The van der Waals surface area contributed by atoms with Gasteiger partial charge in [-0.2, -0.15) is 4.98 Å². The number of aromatic nitrogens is 3. The number of hydrogen-bond acceptors (Lipinski definition) is 5. The van der Waals surface area contributed by atoms with Crippen LogP contribution >= 0.6 is 11.8 Å². The number of rotatable bonds is 4. The Labute approximate surface area is 121 Å². The Bertz CT molecular complexity index is 697. The van der Waals surface area contributed by atoms with Crippen LogP contribution in [0.1, 0.15) is 11.4 Å². The molecule has 0 atom stereocenters. The van der Waals surface area contributed by atoms with Crippen LogP contribution in [0, 0.1) is 6.92 Å². The number of thioether (sulfide) groups is 1. The fourth-order valence-corrected chi connectivity index (χ4v) is 2.48. The van der Waals surface area contributed by atoms with E-state index in [1.165, 1.54) is 5.56 Å². The summed E-state index contributed by atoms with van der Waals surface area (Å²) in [7, 11) is 0. The van der Waals surface area contributed by atoms with Gasteiger partial charge in [0.2, 0.25) is 0 Å². The molecule has 0 saturated carbocycles. The van der Waals surface area contributed by atoms with Crippen molar-refractivity contribution in [2.45, 2.75) is 17.7 Å². The van der Waals surface area contributed by atoms with E-state index in [0.29, 0.717) is 17.5 Å². The highest BCUT2D eigenvalue weighted by Crippen LogP contribution is 2.22. The first-order valence-electron chi connectivity index (χ1n) is 6.25. The molecule has 0 saturated heterocycles. The molecule has 2 aromatic heterocycles. The summed E-state index contributed by atoms with van der Waals surface area (Å²) < 4.78 is 5.30. The molecule has 5 heteroatoms. The lowest BCUT2D eigenvalue weighted by Crippen LogP contribution is -1.85. The van der Waals surface area contributed by atoms with Crippen LogP contribution in [-0.4, -0.2) is 15.1 Å². The molecule has 0 aliphatic rings. The highest BCUT2D eigenvalue weighted by molar-refractivity contribution is 7.98. The van der Waals surface area contributed by atoms with Gasteiger partial charge in [0.1, 0.15) is 0 Å². The van der Waals surface area contributed by atoms with Gasteiger partial charge in [-0.1, -0.05) is 40.7 Å². The summed E-state index contributed by atoms with van der Waals surface area (Å²) in [5.41, 5.74) is 2.12. The van der Waals surface area contributed by atoms with Gasteiger partial charge in [0, 0.05) is 11.8 Å². The number of hydrogen-bond donors (Lipinski definition) is 0. The second-order valence-electron chi connectivity index (χ2n) is 4.34. The van der Waals surface area contributed by atoms with Crippen molar-refractivity contribution in [1.82, 2.24) is 15.1 Å². The number of pyridine rings is 1. The quantitative estimate of drug-likeness (QED) is 0.683.